The molecular formula is C25H27ClN2O5S. The predicted octanol–water partition coefficient (Wildman–Crippen LogP) is 4.97. The van der Waals surface area contributed by atoms with Gasteiger partial charge in [0.25, 0.3) is 0 Å². The molecule has 1 amide bonds. The van der Waals surface area contributed by atoms with Gasteiger partial charge in [-0.3, -0.25) is 4.79 Å². The molecule has 0 saturated carbocycles. The summed E-state index contributed by atoms with van der Waals surface area (Å²) in [6.07, 6.45) is 0. The molecule has 0 spiro atoms. The SMILES string of the molecule is CCOc1ccc(S(=O)(=O)N(CC)CC(=O)Nc2ccc(OCc3ccccc3)cc2)cc1Cl. The summed E-state index contributed by atoms with van der Waals surface area (Å²) in [6, 6.07) is 20.9. The highest BCUT2D eigenvalue weighted by atomic mass is 35.5. The zero-order valence-electron chi connectivity index (χ0n) is 19.0. The molecular weight excluding hydrogens is 476 g/mol. The summed E-state index contributed by atoms with van der Waals surface area (Å²) in [5.41, 5.74) is 1.59. The monoisotopic (exact) mass is 502 g/mol. The van der Waals surface area contributed by atoms with Gasteiger partial charge >= 0.3 is 0 Å². The third kappa shape index (κ3) is 6.72. The Morgan fingerprint density at radius 1 is 0.971 bits per heavy atom. The number of carbonyl (C=O) groups is 1. The van der Waals surface area contributed by atoms with Crippen molar-refractivity contribution in [3.05, 3.63) is 83.4 Å². The van der Waals surface area contributed by atoms with Crippen LogP contribution in [0.15, 0.2) is 77.7 Å². The third-order valence-electron chi connectivity index (χ3n) is 4.90. The largest absolute Gasteiger partial charge is 0.492 e. The van der Waals surface area contributed by atoms with Crippen molar-refractivity contribution in [1.29, 1.82) is 0 Å². The van der Waals surface area contributed by atoms with E-state index in [1.807, 2.05) is 37.3 Å². The van der Waals surface area contributed by atoms with Gasteiger partial charge in [-0.2, -0.15) is 4.31 Å². The zero-order valence-corrected chi connectivity index (χ0v) is 20.6. The molecule has 0 aliphatic carbocycles. The number of sulfonamides is 1. The summed E-state index contributed by atoms with van der Waals surface area (Å²) in [7, 11) is -3.92. The number of halogens is 1. The van der Waals surface area contributed by atoms with E-state index in [1.54, 1.807) is 31.2 Å². The first kappa shape index (κ1) is 25.6. The van der Waals surface area contributed by atoms with Crippen molar-refractivity contribution in [3.8, 4) is 11.5 Å². The van der Waals surface area contributed by atoms with Crippen LogP contribution in [0.1, 0.15) is 19.4 Å². The average molecular weight is 503 g/mol. The first-order valence-corrected chi connectivity index (χ1v) is 12.6. The summed E-state index contributed by atoms with van der Waals surface area (Å²) < 4.78 is 38.3. The number of likely N-dealkylation sites (N-methyl/N-ethyl adjacent to an activating group) is 1. The fourth-order valence-corrected chi connectivity index (χ4v) is 4.90. The van der Waals surface area contributed by atoms with E-state index in [1.165, 1.54) is 18.2 Å². The number of hydrogen-bond donors (Lipinski definition) is 1. The summed E-state index contributed by atoms with van der Waals surface area (Å²) in [6.45, 7) is 4.10. The lowest BCUT2D eigenvalue weighted by molar-refractivity contribution is -0.116. The second-order valence-corrected chi connectivity index (χ2v) is 9.65. The van der Waals surface area contributed by atoms with Crippen LogP contribution in [-0.4, -0.2) is 38.3 Å². The van der Waals surface area contributed by atoms with Gasteiger partial charge in [0.15, 0.2) is 0 Å². The van der Waals surface area contributed by atoms with Crippen molar-refractivity contribution in [1.82, 2.24) is 4.31 Å². The van der Waals surface area contributed by atoms with Crippen molar-refractivity contribution >= 4 is 33.2 Å². The van der Waals surface area contributed by atoms with Crippen molar-refractivity contribution in [2.75, 3.05) is 25.0 Å². The van der Waals surface area contributed by atoms with Gasteiger partial charge in [0.2, 0.25) is 15.9 Å². The van der Waals surface area contributed by atoms with E-state index in [-0.39, 0.29) is 23.0 Å². The van der Waals surface area contributed by atoms with E-state index in [2.05, 4.69) is 5.32 Å². The molecule has 0 aliphatic heterocycles. The van der Waals surface area contributed by atoms with Crippen LogP contribution < -0.4 is 14.8 Å². The van der Waals surface area contributed by atoms with Gasteiger partial charge < -0.3 is 14.8 Å². The second-order valence-electron chi connectivity index (χ2n) is 7.30. The third-order valence-corrected chi connectivity index (χ3v) is 7.11. The molecule has 9 heteroatoms. The number of benzene rings is 3. The lowest BCUT2D eigenvalue weighted by Gasteiger charge is -2.20. The maximum Gasteiger partial charge on any atom is 0.243 e. The van der Waals surface area contributed by atoms with E-state index in [0.717, 1.165) is 9.87 Å². The zero-order chi connectivity index (χ0) is 24.6. The molecule has 0 radical (unpaired) electrons. The van der Waals surface area contributed by atoms with Gasteiger partial charge in [-0.1, -0.05) is 48.9 Å². The van der Waals surface area contributed by atoms with Crippen molar-refractivity contribution in [2.24, 2.45) is 0 Å². The Bertz CT molecular complexity index is 1200. The molecule has 0 aromatic heterocycles. The summed E-state index contributed by atoms with van der Waals surface area (Å²) in [5, 5.41) is 2.91. The highest BCUT2D eigenvalue weighted by Gasteiger charge is 2.26. The topological polar surface area (TPSA) is 84.9 Å². The summed E-state index contributed by atoms with van der Waals surface area (Å²) in [5.74, 6) is 0.604. The molecule has 0 aliphatic rings. The number of ether oxygens (including phenoxy) is 2. The Balaban J connectivity index is 1.60. The maximum absolute atomic E-state index is 13.0. The van der Waals surface area contributed by atoms with Crippen molar-refractivity contribution in [3.63, 3.8) is 0 Å². The number of amides is 1. The van der Waals surface area contributed by atoms with Crippen molar-refractivity contribution in [2.45, 2.75) is 25.3 Å². The Hall–Kier alpha value is -3.07. The van der Waals surface area contributed by atoms with Crippen LogP contribution in [0.5, 0.6) is 11.5 Å². The van der Waals surface area contributed by atoms with E-state index < -0.39 is 15.9 Å². The first-order valence-electron chi connectivity index (χ1n) is 10.8. The summed E-state index contributed by atoms with van der Waals surface area (Å²) in [4.78, 5) is 12.6. The lowest BCUT2D eigenvalue weighted by atomic mass is 10.2. The number of carbonyl (C=O) groups excluding carboxylic acids is 1. The Morgan fingerprint density at radius 2 is 1.68 bits per heavy atom. The molecule has 0 bridgehead atoms. The van der Waals surface area contributed by atoms with Gasteiger partial charge in [-0.25, -0.2) is 8.42 Å². The van der Waals surface area contributed by atoms with Crippen LogP contribution in [0.2, 0.25) is 5.02 Å². The van der Waals surface area contributed by atoms with Crippen LogP contribution in [0.3, 0.4) is 0 Å². The van der Waals surface area contributed by atoms with Crippen molar-refractivity contribution < 1.29 is 22.7 Å². The molecule has 180 valence electrons. The van der Waals surface area contributed by atoms with Crippen LogP contribution >= 0.6 is 11.6 Å². The van der Waals surface area contributed by atoms with Gasteiger partial charge in [-0.15, -0.1) is 0 Å². The van der Waals surface area contributed by atoms with E-state index in [9.17, 15) is 13.2 Å². The number of nitrogens with zero attached hydrogens (tertiary/aromatic N) is 1. The Kier molecular flexibility index (Phi) is 8.92. The lowest BCUT2D eigenvalue weighted by Crippen LogP contribution is -2.37. The van der Waals surface area contributed by atoms with E-state index in [4.69, 9.17) is 21.1 Å². The van der Waals surface area contributed by atoms with Gasteiger partial charge in [0.1, 0.15) is 18.1 Å². The molecule has 7 nitrogen and oxygen atoms in total. The molecule has 0 heterocycles. The molecule has 1 N–H and O–H groups in total. The predicted molar refractivity (Wildman–Crippen MR) is 133 cm³/mol. The molecule has 0 atom stereocenters. The Labute approximate surface area is 205 Å². The van der Waals surface area contributed by atoms with Gasteiger partial charge in [0, 0.05) is 12.2 Å². The number of nitrogens with one attached hydrogen (secondary N) is 1. The molecule has 0 saturated heterocycles. The van der Waals surface area contributed by atoms with Crippen LogP contribution in [-0.2, 0) is 21.4 Å². The molecule has 3 rings (SSSR count). The standard InChI is InChI=1S/C25H27ClN2O5S/c1-3-28(34(30,31)22-14-15-24(32-4-2)23(26)16-22)17-25(29)27-20-10-12-21(13-11-20)33-18-19-8-6-5-7-9-19/h5-16H,3-4,17-18H2,1-2H3,(H,27,29). The number of hydrogen-bond acceptors (Lipinski definition) is 5. The molecule has 0 fully saturated rings. The van der Waals surface area contributed by atoms with Gasteiger partial charge in [-0.05, 0) is 55.0 Å². The highest BCUT2D eigenvalue weighted by Crippen LogP contribution is 2.28. The fraction of sp³-hybridized carbons (Fsp3) is 0.240. The smallest absolute Gasteiger partial charge is 0.243 e. The highest BCUT2D eigenvalue weighted by molar-refractivity contribution is 7.89. The minimum absolute atomic E-state index is 0.00415. The number of rotatable bonds is 11. The van der Waals surface area contributed by atoms with E-state index >= 15 is 0 Å². The minimum Gasteiger partial charge on any atom is -0.492 e. The Morgan fingerprint density at radius 3 is 2.29 bits per heavy atom. The number of anilines is 1. The molecule has 3 aromatic carbocycles. The van der Waals surface area contributed by atoms with Crippen LogP contribution in [0, 0.1) is 0 Å². The van der Waals surface area contributed by atoms with E-state index in [0.29, 0.717) is 30.4 Å². The average Bonchev–Trinajstić information content (AvgIpc) is 2.84. The first-order chi connectivity index (χ1) is 16.3. The minimum atomic E-state index is -3.92. The fourth-order valence-electron chi connectivity index (χ4n) is 3.17. The molecule has 3 aromatic rings. The molecule has 34 heavy (non-hydrogen) atoms. The molecule has 0 unspecified atom stereocenters. The van der Waals surface area contributed by atoms with Crippen LogP contribution in [0.4, 0.5) is 5.69 Å². The second kappa shape index (κ2) is 11.9. The van der Waals surface area contributed by atoms with Gasteiger partial charge in [0.05, 0.1) is 23.1 Å². The van der Waals surface area contributed by atoms with Crippen LogP contribution in [0.25, 0.3) is 0 Å². The quantitative estimate of drug-likeness (QED) is 0.400. The maximum atomic E-state index is 13.0. The normalized spacial score (nSPS) is 11.3. The summed E-state index contributed by atoms with van der Waals surface area (Å²) >= 11 is 6.15.